The number of nitrogens with zero attached hydrogens (tertiary/aromatic N) is 3. The van der Waals surface area contributed by atoms with Crippen LogP contribution in [0.3, 0.4) is 0 Å². The van der Waals surface area contributed by atoms with E-state index in [0.717, 1.165) is 29.2 Å². The van der Waals surface area contributed by atoms with Gasteiger partial charge in [-0.1, -0.05) is 45.4 Å². The fraction of sp³-hybridized carbons (Fsp3) is 0.524. The van der Waals surface area contributed by atoms with Gasteiger partial charge in [-0.15, -0.1) is 0 Å². The highest BCUT2D eigenvalue weighted by atomic mass is 16.1. The second-order valence-corrected chi connectivity index (χ2v) is 7.76. The molecule has 5 nitrogen and oxygen atoms in total. The number of likely N-dealkylation sites (N-methyl/N-ethyl adjacent to an activating group) is 1. The van der Waals surface area contributed by atoms with Gasteiger partial charge in [-0.05, 0) is 45.0 Å². The van der Waals surface area contributed by atoms with E-state index >= 15 is 0 Å². The third-order valence-corrected chi connectivity index (χ3v) is 4.39. The number of aryl methyl sites for hydroxylation is 1. The Morgan fingerprint density at radius 1 is 1.12 bits per heavy atom. The van der Waals surface area contributed by atoms with Gasteiger partial charge in [0.05, 0.1) is 22.6 Å². The van der Waals surface area contributed by atoms with Crippen molar-refractivity contribution in [3.05, 3.63) is 46.8 Å². The molecule has 0 spiro atoms. The van der Waals surface area contributed by atoms with Gasteiger partial charge in [-0.2, -0.15) is 5.10 Å². The van der Waals surface area contributed by atoms with Gasteiger partial charge in [-0.3, -0.25) is 4.79 Å². The summed E-state index contributed by atoms with van der Waals surface area (Å²) in [6.07, 6.45) is 0. The molecule has 0 saturated heterocycles. The number of hydrogen-bond acceptors (Lipinski definition) is 3. The lowest BCUT2D eigenvalue weighted by molar-refractivity contribution is 0.0948. The molecule has 0 aliphatic rings. The lowest BCUT2D eigenvalue weighted by atomic mass is 9.98. The SMILES string of the molecule is Cc1ccc(-n2nc(C(C)C)c(C(=O)NCCN(C)C)c2C(C)C)cc1. The predicted molar refractivity (Wildman–Crippen MR) is 107 cm³/mol. The quantitative estimate of drug-likeness (QED) is 0.822. The number of benzene rings is 1. The van der Waals surface area contributed by atoms with Crippen LogP contribution >= 0.6 is 0 Å². The summed E-state index contributed by atoms with van der Waals surface area (Å²) < 4.78 is 1.94. The molecule has 0 radical (unpaired) electrons. The molecule has 2 aromatic rings. The molecule has 1 aromatic carbocycles. The van der Waals surface area contributed by atoms with Crippen LogP contribution in [0.25, 0.3) is 5.69 Å². The summed E-state index contributed by atoms with van der Waals surface area (Å²) in [5, 5.41) is 7.90. The van der Waals surface area contributed by atoms with E-state index in [1.165, 1.54) is 5.56 Å². The zero-order valence-corrected chi connectivity index (χ0v) is 17.1. The number of amides is 1. The number of rotatable bonds is 7. The van der Waals surface area contributed by atoms with Crippen LogP contribution < -0.4 is 5.32 Å². The molecule has 0 atom stereocenters. The molecule has 5 heteroatoms. The molecular weight excluding hydrogens is 324 g/mol. The highest BCUT2D eigenvalue weighted by Gasteiger charge is 2.27. The first-order valence-corrected chi connectivity index (χ1v) is 9.35. The molecule has 26 heavy (non-hydrogen) atoms. The molecular formula is C21H32N4O. The van der Waals surface area contributed by atoms with Crippen molar-refractivity contribution in [2.24, 2.45) is 0 Å². The highest BCUT2D eigenvalue weighted by Crippen LogP contribution is 2.30. The van der Waals surface area contributed by atoms with Crippen molar-refractivity contribution in [2.75, 3.05) is 27.2 Å². The van der Waals surface area contributed by atoms with Crippen LogP contribution in [0.1, 0.15) is 66.8 Å². The molecule has 0 bridgehead atoms. The Bertz CT molecular complexity index is 742. The van der Waals surface area contributed by atoms with Crippen molar-refractivity contribution in [1.29, 1.82) is 0 Å². The third-order valence-electron chi connectivity index (χ3n) is 4.39. The molecule has 0 unspecified atom stereocenters. The fourth-order valence-electron chi connectivity index (χ4n) is 2.98. The Kier molecular flexibility index (Phi) is 6.59. The van der Waals surface area contributed by atoms with Gasteiger partial charge in [0, 0.05) is 13.1 Å². The molecule has 142 valence electrons. The zero-order valence-electron chi connectivity index (χ0n) is 17.1. The predicted octanol–water partition coefficient (Wildman–Crippen LogP) is 3.72. The molecule has 1 heterocycles. The Morgan fingerprint density at radius 3 is 2.23 bits per heavy atom. The van der Waals surface area contributed by atoms with E-state index < -0.39 is 0 Å². The van der Waals surface area contributed by atoms with Gasteiger partial charge in [0.2, 0.25) is 0 Å². The molecule has 0 aliphatic heterocycles. The molecule has 1 aromatic heterocycles. The van der Waals surface area contributed by atoms with Crippen LogP contribution in [-0.2, 0) is 0 Å². The Morgan fingerprint density at radius 2 is 1.73 bits per heavy atom. The minimum absolute atomic E-state index is 0.0300. The molecule has 0 fully saturated rings. The zero-order chi connectivity index (χ0) is 19.4. The van der Waals surface area contributed by atoms with E-state index in [4.69, 9.17) is 5.10 Å². The standard InChI is InChI=1S/C21H32N4O/c1-14(2)19-18(21(26)22-12-13-24(6)7)20(15(3)4)25(23-19)17-10-8-16(5)9-11-17/h8-11,14-15H,12-13H2,1-7H3,(H,22,26). The van der Waals surface area contributed by atoms with E-state index in [0.29, 0.717) is 6.54 Å². The molecule has 0 saturated carbocycles. The lowest BCUT2D eigenvalue weighted by Crippen LogP contribution is -2.32. The van der Waals surface area contributed by atoms with E-state index in [1.54, 1.807) is 0 Å². The Balaban J connectivity index is 2.51. The van der Waals surface area contributed by atoms with Crippen LogP contribution in [-0.4, -0.2) is 47.8 Å². The lowest BCUT2D eigenvalue weighted by Gasteiger charge is -2.15. The first kappa shape index (κ1) is 20.2. The summed E-state index contributed by atoms with van der Waals surface area (Å²) in [6.45, 7) is 11.9. The van der Waals surface area contributed by atoms with Gasteiger partial charge in [0.25, 0.3) is 5.91 Å². The summed E-state index contributed by atoms with van der Waals surface area (Å²) in [6, 6.07) is 8.28. The molecule has 1 amide bonds. The van der Waals surface area contributed by atoms with Crippen LogP contribution in [0.15, 0.2) is 24.3 Å². The van der Waals surface area contributed by atoms with Gasteiger partial charge < -0.3 is 10.2 Å². The number of carbonyl (C=O) groups is 1. The van der Waals surface area contributed by atoms with Crippen molar-refractivity contribution in [3.8, 4) is 5.69 Å². The molecule has 2 rings (SSSR count). The van der Waals surface area contributed by atoms with Crippen LogP contribution in [0, 0.1) is 6.92 Å². The maximum atomic E-state index is 13.0. The van der Waals surface area contributed by atoms with Crippen LogP contribution in [0.2, 0.25) is 0 Å². The van der Waals surface area contributed by atoms with E-state index in [9.17, 15) is 4.79 Å². The largest absolute Gasteiger partial charge is 0.351 e. The highest BCUT2D eigenvalue weighted by molar-refractivity contribution is 5.97. The topological polar surface area (TPSA) is 50.2 Å². The maximum Gasteiger partial charge on any atom is 0.255 e. The summed E-state index contributed by atoms with van der Waals surface area (Å²) >= 11 is 0. The second kappa shape index (κ2) is 8.49. The van der Waals surface area contributed by atoms with Crippen LogP contribution in [0.5, 0.6) is 0 Å². The van der Waals surface area contributed by atoms with E-state index in [2.05, 4.69) is 69.1 Å². The number of nitrogens with one attached hydrogen (secondary N) is 1. The Labute approximate surface area is 157 Å². The fourth-order valence-corrected chi connectivity index (χ4v) is 2.98. The van der Waals surface area contributed by atoms with Gasteiger partial charge in [0.15, 0.2) is 0 Å². The monoisotopic (exact) mass is 356 g/mol. The second-order valence-electron chi connectivity index (χ2n) is 7.76. The van der Waals surface area contributed by atoms with Gasteiger partial charge in [-0.25, -0.2) is 4.68 Å². The van der Waals surface area contributed by atoms with Gasteiger partial charge in [0.1, 0.15) is 0 Å². The first-order valence-electron chi connectivity index (χ1n) is 9.35. The first-order chi connectivity index (χ1) is 12.2. The average Bonchev–Trinajstić information content (AvgIpc) is 2.96. The Hall–Kier alpha value is -2.14. The van der Waals surface area contributed by atoms with Crippen molar-refractivity contribution < 1.29 is 4.79 Å². The molecule has 1 N–H and O–H groups in total. The van der Waals surface area contributed by atoms with Crippen molar-refractivity contribution in [2.45, 2.75) is 46.5 Å². The third kappa shape index (κ3) is 4.52. The minimum Gasteiger partial charge on any atom is -0.351 e. The van der Waals surface area contributed by atoms with E-state index in [1.807, 2.05) is 18.8 Å². The van der Waals surface area contributed by atoms with Crippen molar-refractivity contribution in [3.63, 3.8) is 0 Å². The summed E-state index contributed by atoms with van der Waals surface area (Å²) in [7, 11) is 4.00. The number of aromatic nitrogens is 2. The van der Waals surface area contributed by atoms with E-state index in [-0.39, 0.29) is 17.7 Å². The normalized spacial score (nSPS) is 11.6. The number of carbonyl (C=O) groups excluding carboxylic acids is 1. The van der Waals surface area contributed by atoms with Crippen molar-refractivity contribution in [1.82, 2.24) is 20.0 Å². The smallest absolute Gasteiger partial charge is 0.255 e. The maximum absolute atomic E-state index is 13.0. The molecule has 0 aliphatic carbocycles. The summed E-state index contributed by atoms with van der Waals surface area (Å²) in [4.78, 5) is 15.1. The van der Waals surface area contributed by atoms with Crippen molar-refractivity contribution >= 4 is 5.91 Å². The van der Waals surface area contributed by atoms with Crippen LogP contribution in [0.4, 0.5) is 0 Å². The van der Waals surface area contributed by atoms with Gasteiger partial charge >= 0.3 is 0 Å². The summed E-state index contributed by atoms with van der Waals surface area (Å²) in [5.74, 6) is 0.331. The number of hydrogen-bond donors (Lipinski definition) is 1. The average molecular weight is 357 g/mol. The minimum atomic E-state index is -0.0300. The summed E-state index contributed by atoms with van der Waals surface area (Å²) in [5.41, 5.74) is 4.76.